The molecule has 2 aromatic rings. The van der Waals surface area contributed by atoms with Gasteiger partial charge in [0.15, 0.2) is 0 Å². The van der Waals surface area contributed by atoms with Crippen LogP contribution in [0, 0.1) is 6.92 Å². The van der Waals surface area contributed by atoms with Crippen LogP contribution in [0.5, 0.6) is 5.75 Å². The molecular weight excluding hydrogens is 264 g/mol. The number of phenols is 1. The van der Waals surface area contributed by atoms with E-state index < -0.39 is 0 Å². The summed E-state index contributed by atoms with van der Waals surface area (Å²) in [5.41, 5.74) is 3.12. The highest BCUT2D eigenvalue weighted by Crippen LogP contribution is 2.19. The molecule has 0 saturated carbocycles. The number of benzene rings is 2. The van der Waals surface area contributed by atoms with E-state index in [1.54, 1.807) is 19.1 Å². The number of phenolic OH excluding ortho intramolecular Hbond substituents is 1. The van der Waals surface area contributed by atoms with Gasteiger partial charge in [0.05, 0.1) is 0 Å². The Morgan fingerprint density at radius 2 is 1.81 bits per heavy atom. The molecule has 2 rings (SSSR count). The van der Waals surface area contributed by atoms with E-state index in [4.69, 9.17) is 0 Å². The van der Waals surface area contributed by atoms with Crippen LogP contribution in [0.25, 0.3) is 0 Å². The van der Waals surface area contributed by atoms with Crippen molar-refractivity contribution in [2.75, 3.05) is 12.4 Å². The van der Waals surface area contributed by atoms with Gasteiger partial charge in [0, 0.05) is 17.3 Å². The van der Waals surface area contributed by atoms with Gasteiger partial charge in [-0.3, -0.25) is 4.79 Å². The fourth-order valence-corrected chi connectivity index (χ4v) is 2.02. The number of rotatable bonds is 4. The molecule has 0 bridgehead atoms. The number of aryl methyl sites for hydroxylation is 1. The lowest BCUT2D eigenvalue weighted by Crippen LogP contribution is -2.13. The maximum atomic E-state index is 12.1. The first-order valence-corrected chi connectivity index (χ1v) is 6.89. The third kappa shape index (κ3) is 3.61. The molecule has 0 radical (unpaired) electrons. The van der Waals surface area contributed by atoms with Crippen molar-refractivity contribution in [3.63, 3.8) is 0 Å². The minimum absolute atomic E-state index is 0.187. The van der Waals surface area contributed by atoms with Crippen molar-refractivity contribution in [1.82, 2.24) is 5.32 Å². The van der Waals surface area contributed by atoms with Gasteiger partial charge in [-0.05, 0) is 62.4 Å². The summed E-state index contributed by atoms with van der Waals surface area (Å²) in [5.74, 6) is 0.00414. The highest BCUT2D eigenvalue weighted by molar-refractivity contribution is 6.04. The van der Waals surface area contributed by atoms with E-state index in [2.05, 4.69) is 17.6 Å². The Morgan fingerprint density at radius 3 is 2.38 bits per heavy atom. The van der Waals surface area contributed by atoms with Gasteiger partial charge in [0.1, 0.15) is 5.75 Å². The van der Waals surface area contributed by atoms with Crippen molar-refractivity contribution in [1.29, 1.82) is 0 Å². The maximum absolute atomic E-state index is 12.1. The molecule has 0 aliphatic rings. The molecule has 1 atom stereocenters. The standard InChI is InChI=1S/C17H20N2O2/c1-11-10-14(6-9-16(11)20)17(21)19-15-7-4-13(5-8-15)12(2)18-3/h4-10,12,18,20H,1-3H3,(H,19,21). The topological polar surface area (TPSA) is 61.4 Å². The summed E-state index contributed by atoms with van der Waals surface area (Å²) < 4.78 is 0. The fraction of sp³-hybridized carbons (Fsp3) is 0.235. The molecule has 0 aliphatic carbocycles. The fourth-order valence-electron chi connectivity index (χ4n) is 2.02. The van der Waals surface area contributed by atoms with Crippen molar-refractivity contribution in [3.05, 3.63) is 59.2 Å². The van der Waals surface area contributed by atoms with Crippen molar-refractivity contribution in [2.45, 2.75) is 19.9 Å². The Kier molecular flexibility index (Phi) is 4.60. The zero-order valence-electron chi connectivity index (χ0n) is 12.5. The minimum atomic E-state index is -0.187. The van der Waals surface area contributed by atoms with E-state index in [1.807, 2.05) is 31.3 Å². The van der Waals surface area contributed by atoms with E-state index in [1.165, 1.54) is 6.07 Å². The molecule has 0 aliphatic heterocycles. The van der Waals surface area contributed by atoms with Crippen molar-refractivity contribution in [3.8, 4) is 5.75 Å². The van der Waals surface area contributed by atoms with Gasteiger partial charge in [0.25, 0.3) is 5.91 Å². The van der Waals surface area contributed by atoms with Crippen LogP contribution in [0.4, 0.5) is 5.69 Å². The average Bonchev–Trinajstić information content (AvgIpc) is 2.50. The number of aromatic hydroxyl groups is 1. The Balaban J connectivity index is 2.10. The first-order valence-electron chi connectivity index (χ1n) is 6.89. The number of nitrogens with one attached hydrogen (secondary N) is 2. The second-order valence-electron chi connectivity index (χ2n) is 5.09. The van der Waals surface area contributed by atoms with Crippen LogP contribution < -0.4 is 10.6 Å². The number of anilines is 1. The Hall–Kier alpha value is -2.33. The van der Waals surface area contributed by atoms with Crippen LogP contribution in [0.2, 0.25) is 0 Å². The molecule has 0 aromatic heterocycles. The summed E-state index contributed by atoms with van der Waals surface area (Å²) in [7, 11) is 1.91. The molecule has 0 spiro atoms. The van der Waals surface area contributed by atoms with Crippen LogP contribution in [-0.4, -0.2) is 18.1 Å². The molecule has 4 heteroatoms. The van der Waals surface area contributed by atoms with Crippen molar-refractivity contribution >= 4 is 11.6 Å². The second-order valence-corrected chi connectivity index (χ2v) is 5.09. The third-order valence-electron chi connectivity index (χ3n) is 3.56. The van der Waals surface area contributed by atoms with Crippen LogP contribution in [0.1, 0.15) is 34.5 Å². The quantitative estimate of drug-likeness (QED) is 0.807. The largest absolute Gasteiger partial charge is 0.508 e. The maximum Gasteiger partial charge on any atom is 0.255 e. The molecule has 1 amide bonds. The molecule has 0 fully saturated rings. The lowest BCUT2D eigenvalue weighted by molar-refractivity contribution is 0.102. The Bertz CT molecular complexity index is 636. The SMILES string of the molecule is CNC(C)c1ccc(NC(=O)c2ccc(O)c(C)c2)cc1. The smallest absolute Gasteiger partial charge is 0.255 e. The normalized spacial score (nSPS) is 12.0. The molecule has 4 nitrogen and oxygen atoms in total. The zero-order valence-corrected chi connectivity index (χ0v) is 12.5. The predicted octanol–water partition coefficient (Wildman–Crippen LogP) is 3.23. The monoisotopic (exact) mass is 284 g/mol. The summed E-state index contributed by atoms with van der Waals surface area (Å²) in [6.45, 7) is 3.84. The summed E-state index contributed by atoms with van der Waals surface area (Å²) in [5, 5.41) is 15.5. The third-order valence-corrected chi connectivity index (χ3v) is 3.56. The van der Waals surface area contributed by atoms with E-state index >= 15 is 0 Å². The highest BCUT2D eigenvalue weighted by atomic mass is 16.3. The zero-order chi connectivity index (χ0) is 15.4. The molecule has 110 valence electrons. The average molecular weight is 284 g/mol. The highest BCUT2D eigenvalue weighted by Gasteiger charge is 2.08. The van der Waals surface area contributed by atoms with E-state index in [0.717, 1.165) is 11.3 Å². The summed E-state index contributed by atoms with van der Waals surface area (Å²) in [4.78, 5) is 12.1. The van der Waals surface area contributed by atoms with Crippen molar-refractivity contribution < 1.29 is 9.90 Å². The van der Waals surface area contributed by atoms with Gasteiger partial charge >= 0.3 is 0 Å². The Morgan fingerprint density at radius 1 is 1.14 bits per heavy atom. The molecule has 1 unspecified atom stereocenters. The number of amides is 1. The van der Waals surface area contributed by atoms with Gasteiger partial charge in [-0.25, -0.2) is 0 Å². The van der Waals surface area contributed by atoms with E-state index in [-0.39, 0.29) is 17.7 Å². The van der Waals surface area contributed by atoms with Crippen LogP contribution in [-0.2, 0) is 0 Å². The lowest BCUT2D eigenvalue weighted by Gasteiger charge is -2.12. The van der Waals surface area contributed by atoms with E-state index in [9.17, 15) is 9.90 Å². The van der Waals surface area contributed by atoms with Gasteiger partial charge < -0.3 is 15.7 Å². The Labute approximate surface area is 124 Å². The molecule has 0 saturated heterocycles. The lowest BCUT2D eigenvalue weighted by atomic mass is 10.1. The molecule has 3 N–H and O–H groups in total. The number of carbonyl (C=O) groups excluding carboxylic acids is 1. The van der Waals surface area contributed by atoms with Gasteiger partial charge in [-0.1, -0.05) is 12.1 Å². The number of hydrogen-bond donors (Lipinski definition) is 3. The summed E-state index contributed by atoms with van der Waals surface area (Å²) in [6.07, 6.45) is 0. The van der Waals surface area contributed by atoms with Gasteiger partial charge in [0.2, 0.25) is 0 Å². The van der Waals surface area contributed by atoms with Gasteiger partial charge in [-0.2, -0.15) is 0 Å². The van der Waals surface area contributed by atoms with E-state index in [0.29, 0.717) is 11.1 Å². The van der Waals surface area contributed by atoms with Crippen LogP contribution >= 0.6 is 0 Å². The molecule has 2 aromatic carbocycles. The molecule has 21 heavy (non-hydrogen) atoms. The minimum Gasteiger partial charge on any atom is -0.508 e. The van der Waals surface area contributed by atoms with Crippen LogP contribution in [0.15, 0.2) is 42.5 Å². The predicted molar refractivity (Wildman–Crippen MR) is 84.7 cm³/mol. The molecule has 0 heterocycles. The van der Waals surface area contributed by atoms with Gasteiger partial charge in [-0.15, -0.1) is 0 Å². The van der Waals surface area contributed by atoms with Crippen molar-refractivity contribution in [2.24, 2.45) is 0 Å². The first-order chi connectivity index (χ1) is 10.0. The summed E-state index contributed by atoms with van der Waals surface area (Å²) >= 11 is 0. The second kappa shape index (κ2) is 6.41. The first kappa shape index (κ1) is 15.1. The number of hydrogen-bond acceptors (Lipinski definition) is 3. The van der Waals surface area contributed by atoms with Crippen LogP contribution in [0.3, 0.4) is 0 Å². The molecular formula is C17H20N2O2. The number of carbonyl (C=O) groups is 1. The summed E-state index contributed by atoms with van der Waals surface area (Å²) in [6, 6.07) is 12.8.